The highest BCUT2D eigenvalue weighted by Crippen LogP contribution is 2.28. The first kappa shape index (κ1) is 17.5. The summed E-state index contributed by atoms with van der Waals surface area (Å²) < 4.78 is 34.9. The lowest BCUT2D eigenvalue weighted by Crippen LogP contribution is -2.14. The molecule has 26 heavy (non-hydrogen) atoms. The molecule has 1 N–H and O–H groups in total. The van der Waals surface area contributed by atoms with Crippen LogP contribution in [-0.4, -0.2) is 25.1 Å². The average molecular weight is 368 g/mol. The van der Waals surface area contributed by atoms with Crippen LogP contribution in [0.5, 0.6) is 5.75 Å². The highest BCUT2D eigenvalue weighted by molar-refractivity contribution is 7.92. The van der Waals surface area contributed by atoms with Crippen LogP contribution in [0.15, 0.2) is 59.9 Å². The molecule has 0 aliphatic heterocycles. The Bertz CT molecular complexity index is 1100. The number of nitrogens with zero attached hydrogens (tertiary/aromatic N) is 3. The predicted octanol–water partition coefficient (Wildman–Crippen LogP) is 2.86. The second-order valence-corrected chi connectivity index (χ2v) is 7.17. The van der Waals surface area contributed by atoms with Crippen molar-refractivity contribution in [2.45, 2.75) is 11.8 Å². The zero-order chi connectivity index (χ0) is 18.7. The van der Waals surface area contributed by atoms with Gasteiger partial charge in [-0.05, 0) is 31.2 Å². The Morgan fingerprint density at radius 1 is 1.23 bits per heavy atom. The van der Waals surface area contributed by atoms with Crippen molar-refractivity contribution in [1.29, 1.82) is 5.26 Å². The summed E-state index contributed by atoms with van der Waals surface area (Å²) in [7, 11) is -2.40. The fourth-order valence-corrected chi connectivity index (χ4v) is 3.72. The number of sulfonamides is 1. The van der Waals surface area contributed by atoms with Crippen molar-refractivity contribution in [3.05, 3.63) is 66.2 Å². The molecule has 0 saturated heterocycles. The summed E-state index contributed by atoms with van der Waals surface area (Å²) in [5, 5.41) is 9.12. The molecule has 132 valence electrons. The van der Waals surface area contributed by atoms with Gasteiger partial charge in [0.05, 0.1) is 36.1 Å². The molecule has 0 unspecified atom stereocenters. The molecule has 0 bridgehead atoms. The Morgan fingerprint density at radius 3 is 2.65 bits per heavy atom. The average Bonchev–Trinajstić information content (AvgIpc) is 3.07. The minimum atomic E-state index is -3.90. The number of rotatable bonds is 5. The molecule has 1 aromatic heterocycles. The fraction of sp³-hybridized carbons (Fsp3) is 0.111. The van der Waals surface area contributed by atoms with E-state index in [9.17, 15) is 8.42 Å². The number of aromatic nitrogens is 2. The zero-order valence-corrected chi connectivity index (χ0v) is 15.0. The van der Waals surface area contributed by atoms with Gasteiger partial charge < -0.3 is 9.30 Å². The fourth-order valence-electron chi connectivity index (χ4n) is 2.51. The molecule has 0 spiro atoms. The summed E-state index contributed by atoms with van der Waals surface area (Å²) in [4.78, 5) is 4.10. The van der Waals surface area contributed by atoms with Gasteiger partial charge in [0.1, 0.15) is 16.7 Å². The summed E-state index contributed by atoms with van der Waals surface area (Å²) in [6.45, 7) is 1.87. The molecule has 0 amide bonds. The molecule has 7 nitrogen and oxygen atoms in total. The molecule has 0 atom stereocenters. The third kappa shape index (κ3) is 3.38. The second-order valence-electron chi connectivity index (χ2n) is 5.52. The van der Waals surface area contributed by atoms with Gasteiger partial charge in [-0.2, -0.15) is 5.26 Å². The van der Waals surface area contributed by atoms with E-state index in [0.29, 0.717) is 11.4 Å². The molecule has 2 aromatic carbocycles. The third-order valence-corrected chi connectivity index (χ3v) is 5.16. The molecule has 0 aliphatic rings. The number of aryl methyl sites for hydroxylation is 1. The first-order valence-corrected chi connectivity index (χ1v) is 9.14. The Labute approximate surface area is 151 Å². The lowest BCUT2D eigenvalue weighted by Gasteiger charge is -2.13. The maximum absolute atomic E-state index is 12.6. The van der Waals surface area contributed by atoms with E-state index >= 15 is 0 Å². The maximum atomic E-state index is 12.6. The van der Waals surface area contributed by atoms with Crippen LogP contribution in [0.2, 0.25) is 0 Å². The molecule has 8 heteroatoms. The Kier molecular flexibility index (Phi) is 4.65. The van der Waals surface area contributed by atoms with Gasteiger partial charge in [-0.15, -0.1) is 0 Å². The molecule has 0 radical (unpaired) electrons. The van der Waals surface area contributed by atoms with E-state index in [1.165, 1.54) is 19.2 Å². The number of benzene rings is 2. The SMILES string of the molecule is COc1cc(NS(=O)(=O)c2ccccc2C#N)ccc1-n1cnc(C)c1. The molecular formula is C18H16N4O3S. The summed E-state index contributed by atoms with van der Waals surface area (Å²) in [5.41, 5.74) is 1.99. The van der Waals surface area contributed by atoms with E-state index in [0.717, 1.165) is 11.4 Å². The van der Waals surface area contributed by atoms with Crippen molar-refractivity contribution in [3.63, 3.8) is 0 Å². The van der Waals surface area contributed by atoms with Gasteiger partial charge in [0, 0.05) is 12.3 Å². The van der Waals surface area contributed by atoms with Gasteiger partial charge in [-0.3, -0.25) is 4.72 Å². The topological polar surface area (TPSA) is 97.0 Å². The summed E-state index contributed by atoms with van der Waals surface area (Å²) in [6, 6.07) is 12.9. The Hall–Kier alpha value is -3.31. The molecule has 1 heterocycles. The third-order valence-electron chi connectivity index (χ3n) is 3.72. The van der Waals surface area contributed by atoms with E-state index in [-0.39, 0.29) is 10.5 Å². The summed E-state index contributed by atoms with van der Waals surface area (Å²) in [6.07, 6.45) is 3.49. The number of nitriles is 1. The van der Waals surface area contributed by atoms with Gasteiger partial charge in [0.15, 0.2) is 0 Å². The number of ether oxygens (including phenoxy) is 1. The van der Waals surface area contributed by atoms with Crippen LogP contribution in [0.4, 0.5) is 5.69 Å². The number of hydrogen-bond acceptors (Lipinski definition) is 5. The van der Waals surface area contributed by atoms with Crippen molar-refractivity contribution in [2.75, 3.05) is 11.8 Å². The normalized spacial score (nSPS) is 11.0. The van der Waals surface area contributed by atoms with Crippen LogP contribution in [-0.2, 0) is 10.0 Å². The van der Waals surface area contributed by atoms with E-state index in [1.54, 1.807) is 41.2 Å². The maximum Gasteiger partial charge on any atom is 0.263 e. The molecule has 0 fully saturated rings. The van der Waals surface area contributed by atoms with E-state index in [1.807, 2.05) is 19.2 Å². The minimum absolute atomic E-state index is 0.0734. The van der Waals surface area contributed by atoms with Crippen molar-refractivity contribution in [1.82, 2.24) is 9.55 Å². The Balaban J connectivity index is 1.97. The molecule has 0 aliphatic carbocycles. The number of imidazole rings is 1. The van der Waals surface area contributed by atoms with Crippen LogP contribution in [0.1, 0.15) is 11.3 Å². The number of nitrogens with one attached hydrogen (secondary N) is 1. The van der Waals surface area contributed by atoms with Crippen molar-refractivity contribution in [3.8, 4) is 17.5 Å². The van der Waals surface area contributed by atoms with Crippen LogP contribution in [0.3, 0.4) is 0 Å². The lowest BCUT2D eigenvalue weighted by molar-refractivity contribution is 0.413. The molecule has 3 rings (SSSR count). The summed E-state index contributed by atoms with van der Waals surface area (Å²) >= 11 is 0. The van der Waals surface area contributed by atoms with Crippen LogP contribution in [0.25, 0.3) is 5.69 Å². The number of methoxy groups -OCH3 is 1. The largest absolute Gasteiger partial charge is 0.494 e. The summed E-state index contributed by atoms with van der Waals surface area (Å²) in [5.74, 6) is 0.483. The highest BCUT2D eigenvalue weighted by Gasteiger charge is 2.19. The van der Waals surface area contributed by atoms with Crippen molar-refractivity contribution in [2.24, 2.45) is 0 Å². The van der Waals surface area contributed by atoms with Crippen molar-refractivity contribution >= 4 is 15.7 Å². The Morgan fingerprint density at radius 2 is 2.00 bits per heavy atom. The van der Waals surface area contributed by atoms with E-state index in [2.05, 4.69) is 9.71 Å². The van der Waals surface area contributed by atoms with Gasteiger partial charge in [-0.25, -0.2) is 13.4 Å². The van der Waals surface area contributed by atoms with Crippen LogP contribution < -0.4 is 9.46 Å². The van der Waals surface area contributed by atoms with Crippen LogP contribution >= 0.6 is 0 Å². The predicted molar refractivity (Wildman–Crippen MR) is 96.8 cm³/mol. The minimum Gasteiger partial charge on any atom is -0.494 e. The first-order chi connectivity index (χ1) is 12.4. The number of hydrogen-bond donors (Lipinski definition) is 1. The molecular weight excluding hydrogens is 352 g/mol. The van der Waals surface area contributed by atoms with Gasteiger partial charge in [0.25, 0.3) is 10.0 Å². The smallest absolute Gasteiger partial charge is 0.263 e. The second kappa shape index (κ2) is 6.90. The standard InChI is InChI=1S/C18H16N4O3S/c1-13-11-22(12-20-13)16-8-7-15(9-17(16)25-2)21-26(23,24)18-6-4-3-5-14(18)10-19/h3-9,11-12,21H,1-2H3. The zero-order valence-electron chi connectivity index (χ0n) is 14.2. The molecule has 0 saturated carbocycles. The lowest BCUT2D eigenvalue weighted by atomic mass is 10.2. The van der Waals surface area contributed by atoms with Gasteiger partial charge >= 0.3 is 0 Å². The first-order valence-electron chi connectivity index (χ1n) is 7.65. The van der Waals surface area contributed by atoms with Gasteiger partial charge in [-0.1, -0.05) is 12.1 Å². The van der Waals surface area contributed by atoms with Crippen LogP contribution in [0, 0.1) is 18.3 Å². The van der Waals surface area contributed by atoms with E-state index < -0.39 is 10.0 Å². The number of anilines is 1. The monoisotopic (exact) mass is 368 g/mol. The van der Waals surface area contributed by atoms with Gasteiger partial charge in [0.2, 0.25) is 0 Å². The van der Waals surface area contributed by atoms with E-state index in [4.69, 9.17) is 10.00 Å². The van der Waals surface area contributed by atoms with Crippen molar-refractivity contribution < 1.29 is 13.2 Å². The molecule has 3 aromatic rings. The quantitative estimate of drug-likeness (QED) is 0.747. The highest BCUT2D eigenvalue weighted by atomic mass is 32.2.